The third kappa shape index (κ3) is 18.2. The molecule has 0 radical (unpaired) electrons. The van der Waals surface area contributed by atoms with Gasteiger partial charge in [0.15, 0.2) is 0 Å². The Hall–Kier alpha value is 3.79. The molecule has 0 fully saturated rings. The Bertz CT molecular complexity index is 4.85. The van der Waals surface area contributed by atoms with Gasteiger partial charge in [-0.25, -0.2) is 0 Å². The van der Waals surface area contributed by atoms with Crippen LogP contribution in [0.3, 0.4) is 0 Å². The zero-order valence-electron chi connectivity index (χ0n) is 0. The van der Waals surface area contributed by atoms with E-state index in [9.17, 15) is 0 Å². The van der Waals surface area contributed by atoms with Crippen LogP contribution in [0.15, 0.2) is 0 Å². The van der Waals surface area contributed by atoms with Crippen molar-refractivity contribution in [3.05, 3.63) is 0 Å². The minimum absolute atomic E-state index is 0. The molecule has 0 aliphatic carbocycles. The molecule has 0 heterocycles. The van der Waals surface area contributed by atoms with Gasteiger partial charge in [-0.3, -0.25) is 0 Å². The summed E-state index contributed by atoms with van der Waals surface area (Å²) in [6.45, 7) is 0. The molecule has 0 nitrogen and oxygen atoms in total. The fourth-order valence-electron chi connectivity index (χ4n) is 0. The maximum absolute atomic E-state index is 0. The van der Waals surface area contributed by atoms with Crippen LogP contribution in [0.5, 0.6) is 0 Å². The van der Waals surface area contributed by atoms with E-state index in [0.717, 1.165) is 0 Å². The molecule has 0 saturated heterocycles. The summed E-state index contributed by atoms with van der Waals surface area (Å²) in [4.78, 5) is 0. The zero-order chi connectivity index (χ0) is 0. The molecular formula is H5Li3Na2. The normalized spacial score (nSPS) is 0. The molecule has 0 saturated carbocycles. The van der Waals surface area contributed by atoms with Crippen molar-refractivity contribution < 1.29 is 0 Å². The Balaban J connectivity index is 0. The van der Waals surface area contributed by atoms with Gasteiger partial charge in [0.2, 0.25) is 0 Å². The number of hydrogen-bond acceptors (Lipinski definition) is 0. The first-order valence-electron chi connectivity index (χ1n) is 0. The summed E-state index contributed by atoms with van der Waals surface area (Å²) in [6.07, 6.45) is 0. The average Bonchev–Trinajstić information content (AvgIpc) is 0. The molecule has 0 atom stereocenters. The van der Waals surface area contributed by atoms with E-state index in [0.29, 0.717) is 0 Å². The Morgan fingerprint density at radius 3 is 0.400 bits per heavy atom. The molecule has 0 N–H and O–H groups in total. The molecule has 5 heavy (non-hydrogen) atoms. The molecule has 10 valence electrons. The number of hydrogen-bond donors (Lipinski definition) is 0. The van der Waals surface area contributed by atoms with Gasteiger partial charge in [-0.15, -0.1) is 0 Å². The molecule has 5 heteroatoms. The SMILES string of the molecule is [LiH].[LiH].[LiH].[NaH].[NaH]. The van der Waals surface area contributed by atoms with Gasteiger partial charge in [0.25, 0.3) is 0 Å². The zero-order valence-corrected chi connectivity index (χ0v) is 0. The molecule has 0 amide bonds. The predicted octanol–water partition coefficient (Wildman–Crippen LogP) is -3.24. The van der Waals surface area contributed by atoms with Crippen LogP contribution in [0.2, 0.25) is 0 Å². The van der Waals surface area contributed by atoms with Gasteiger partial charge in [-0.2, -0.15) is 0 Å². The van der Waals surface area contributed by atoms with Crippen LogP contribution in [0.25, 0.3) is 0 Å². The molecule has 0 aliphatic rings. The average molecular weight is 71.8 g/mol. The van der Waals surface area contributed by atoms with Gasteiger partial charge in [0.05, 0.1) is 0 Å². The summed E-state index contributed by atoms with van der Waals surface area (Å²) < 4.78 is 0. The third-order valence-corrected chi connectivity index (χ3v) is 0. The van der Waals surface area contributed by atoms with Crippen molar-refractivity contribution in [2.75, 3.05) is 0 Å². The van der Waals surface area contributed by atoms with E-state index in [1.165, 1.54) is 0 Å². The Morgan fingerprint density at radius 1 is 0.400 bits per heavy atom. The summed E-state index contributed by atoms with van der Waals surface area (Å²) in [5.41, 5.74) is 0. The monoisotopic (exact) mass is 72.1 g/mol. The maximum atomic E-state index is 0. The quantitative estimate of drug-likeness (QED) is 0.264. The fraction of sp³-hybridized carbons (Fsp3) is 0. The first-order chi connectivity index (χ1) is 0. The van der Waals surface area contributed by atoms with Crippen LogP contribution < -0.4 is 0 Å². The standard InChI is InChI=1S/3Li.2Na.5H. The summed E-state index contributed by atoms with van der Waals surface area (Å²) in [5.74, 6) is 0. The Morgan fingerprint density at radius 2 is 0.400 bits per heavy atom. The molecule has 0 aromatic heterocycles. The van der Waals surface area contributed by atoms with Crippen molar-refractivity contribution in [2.24, 2.45) is 0 Å². The molecule has 0 unspecified atom stereocenters. The summed E-state index contributed by atoms with van der Waals surface area (Å²) in [5, 5.41) is 0. The predicted molar refractivity (Wildman–Crippen MR) is 35.7 cm³/mol. The summed E-state index contributed by atoms with van der Waals surface area (Å²) in [6, 6.07) is 0. The van der Waals surface area contributed by atoms with E-state index in [-0.39, 0.29) is 116 Å². The topological polar surface area (TPSA) is 0 Å². The van der Waals surface area contributed by atoms with Crippen molar-refractivity contribution in [1.29, 1.82) is 0 Å². The van der Waals surface area contributed by atoms with Crippen LogP contribution in [0.1, 0.15) is 0 Å². The molecule has 0 aromatic rings. The molecule has 0 rings (SSSR count). The first-order valence-corrected chi connectivity index (χ1v) is 0. The van der Waals surface area contributed by atoms with Crippen molar-refractivity contribution in [3.63, 3.8) is 0 Å². The van der Waals surface area contributed by atoms with Crippen molar-refractivity contribution in [3.8, 4) is 0 Å². The fourth-order valence-corrected chi connectivity index (χ4v) is 0. The van der Waals surface area contributed by atoms with Gasteiger partial charge < -0.3 is 0 Å². The van der Waals surface area contributed by atoms with E-state index in [1.54, 1.807) is 0 Å². The summed E-state index contributed by atoms with van der Waals surface area (Å²) in [7, 11) is 0. The van der Waals surface area contributed by atoms with E-state index >= 15 is 0 Å². The van der Waals surface area contributed by atoms with E-state index in [1.807, 2.05) is 0 Å². The van der Waals surface area contributed by atoms with Gasteiger partial charge in [-0.05, 0) is 0 Å². The minimum atomic E-state index is 0. The van der Waals surface area contributed by atoms with Crippen LogP contribution in [-0.2, 0) is 0 Å². The molecule has 0 aliphatic heterocycles. The second-order valence-corrected chi connectivity index (χ2v) is 0. The first kappa shape index (κ1) is 37.1. The summed E-state index contributed by atoms with van der Waals surface area (Å²) >= 11 is 0. The van der Waals surface area contributed by atoms with Crippen molar-refractivity contribution in [1.82, 2.24) is 0 Å². The Labute approximate surface area is 113 Å². The van der Waals surface area contributed by atoms with E-state index in [4.69, 9.17) is 0 Å². The molecule has 0 bridgehead atoms. The van der Waals surface area contributed by atoms with Gasteiger partial charge in [0.1, 0.15) is 0 Å². The van der Waals surface area contributed by atoms with Crippen LogP contribution >= 0.6 is 0 Å². The van der Waals surface area contributed by atoms with Crippen LogP contribution in [-0.4, -0.2) is 116 Å². The van der Waals surface area contributed by atoms with Gasteiger partial charge in [0, 0.05) is 0 Å². The molecule has 0 aromatic carbocycles. The van der Waals surface area contributed by atoms with Crippen molar-refractivity contribution in [2.45, 2.75) is 0 Å². The van der Waals surface area contributed by atoms with Crippen LogP contribution in [0.4, 0.5) is 0 Å². The number of rotatable bonds is 0. The second-order valence-electron chi connectivity index (χ2n) is 0. The Kier molecular flexibility index (Phi) is 186. The van der Waals surface area contributed by atoms with Gasteiger partial charge in [-0.1, -0.05) is 0 Å². The van der Waals surface area contributed by atoms with Crippen molar-refractivity contribution >= 4 is 116 Å². The molecular weight excluding hydrogens is 66.8 g/mol. The molecule has 0 spiro atoms. The van der Waals surface area contributed by atoms with Crippen LogP contribution in [0, 0.1) is 0 Å². The van der Waals surface area contributed by atoms with E-state index < -0.39 is 0 Å². The second kappa shape index (κ2) is 25.0. The van der Waals surface area contributed by atoms with E-state index in [2.05, 4.69) is 0 Å². The third-order valence-electron chi connectivity index (χ3n) is 0. The van der Waals surface area contributed by atoms with Gasteiger partial charge >= 0.3 is 116 Å².